The fourth-order valence-corrected chi connectivity index (χ4v) is 4.26. The molecule has 3 aromatic rings. The fraction of sp³-hybridized carbons (Fsp3) is 0.364. The van der Waals surface area contributed by atoms with Crippen LogP contribution in [0.25, 0.3) is 5.65 Å². The first kappa shape index (κ1) is 21.9. The second-order valence-corrected chi connectivity index (χ2v) is 8.73. The molecule has 12 heteroatoms. The lowest BCUT2D eigenvalue weighted by atomic mass is 10.0. The van der Waals surface area contributed by atoms with Crippen molar-refractivity contribution in [2.45, 2.75) is 31.8 Å². The Morgan fingerprint density at radius 3 is 2.82 bits per heavy atom. The van der Waals surface area contributed by atoms with Crippen molar-refractivity contribution in [1.82, 2.24) is 29.8 Å². The number of piperazine rings is 1. The van der Waals surface area contributed by atoms with Crippen LogP contribution in [0.5, 0.6) is 0 Å². The molecule has 1 unspecified atom stereocenters. The van der Waals surface area contributed by atoms with Gasteiger partial charge in [-0.2, -0.15) is 20.0 Å². The van der Waals surface area contributed by atoms with Gasteiger partial charge in [-0.3, -0.25) is 9.69 Å². The Labute approximate surface area is 200 Å². The summed E-state index contributed by atoms with van der Waals surface area (Å²) >= 11 is 6.79. The van der Waals surface area contributed by atoms with Gasteiger partial charge in [0.15, 0.2) is 17.2 Å². The summed E-state index contributed by atoms with van der Waals surface area (Å²) in [6.07, 6.45) is 3.52. The lowest BCUT2D eigenvalue weighted by Gasteiger charge is -2.33. The quantitative estimate of drug-likeness (QED) is 0.487. The lowest BCUT2D eigenvalue weighted by Crippen LogP contribution is -2.48. The molecule has 0 radical (unpaired) electrons. The molecule has 1 atom stereocenters. The van der Waals surface area contributed by atoms with E-state index in [-0.39, 0.29) is 30.1 Å². The van der Waals surface area contributed by atoms with Crippen molar-refractivity contribution < 1.29 is 4.79 Å². The number of hydrogen-bond acceptors (Lipinski definition) is 9. The number of fused-ring (bicyclic) bond motifs is 1. The monoisotopic (exact) mass is 476 g/mol. The number of anilines is 3. The minimum absolute atomic E-state index is 0.0463. The third kappa shape index (κ3) is 4.19. The van der Waals surface area contributed by atoms with Gasteiger partial charge in [0.05, 0.1) is 35.1 Å². The first-order valence-corrected chi connectivity index (χ1v) is 11.3. The van der Waals surface area contributed by atoms with Crippen molar-refractivity contribution in [2.24, 2.45) is 0 Å². The third-order valence-corrected chi connectivity index (χ3v) is 6.36. The fourth-order valence-electron chi connectivity index (χ4n) is 3.94. The second-order valence-electron chi connectivity index (χ2n) is 8.35. The van der Waals surface area contributed by atoms with Crippen molar-refractivity contribution in [2.75, 3.05) is 30.3 Å². The number of rotatable bonds is 6. The summed E-state index contributed by atoms with van der Waals surface area (Å²) in [6, 6.07) is 7.73. The maximum absolute atomic E-state index is 11.9. The number of nitriles is 2. The van der Waals surface area contributed by atoms with Crippen LogP contribution in [-0.2, 0) is 4.79 Å². The van der Waals surface area contributed by atoms with E-state index in [1.807, 2.05) is 11.8 Å². The largest absolute Gasteiger partial charge is 0.364 e. The zero-order chi connectivity index (χ0) is 23.8. The molecule has 172 valence electrons. The second kappa shape index (κ2) is 8.78. The zero-order valence-corrected chi connectivity index (χ0v) is 19.1. The molecular weight excluding hydrogens is 456 g/mol. The molecule has 2 fully saturated rings. The molecule has 5 rings (SSSR count). The summed E-state index contributed by atoms with van der Waals surface area (Å²) in [5.74, 6) is 0.676. The first-order chi connectivity index (χ1) is 16.5. The number of carbonyl (C=O) groups is 1. The highest BCUT2D eigenvalue weighted by molar-refractivity contribution is 6.34. The molecule has 0 spiro atoms. The van der Waals surface area contributed by atoms with Gasteiger partial charge in [0.2, 0.25) is 11.9 Å². The van der Waals surface area contributed by atoms with Crippen molar-refractivity contribution in [3.63, 3.8) is 0 Å². The molecule has 0 bridgehead atoms. The molecule has 34 heavy (non-hydrogen) atoms. The molecule has 1 aliphatic carbocycles. The Morgan fingerprint density at radius 1 is 1.29 bits per heavy atom. The number of benzene rings is 1. The summed E-state index contributed by atoms with van der Waals surface area (Å²) in [5, 5.41) is 33.1. The summed E-state index contributed by atoms with van der Waals surface area (Å²) in [5.41, 5.74) is 2.32. The van der Waals surface area contributed by atoms with Gasteiger partial charge < -0.3 is 16.0 Å². The number of hydrogen-bond donors (Lipinski definition) is 3. The smallest absolute Gasteiger partial charge is 0.247 e. The van der Waals surface area contributed by atoms with E-state index in [4.69, 9.17) is 11.6 Å². The Balaban J connectivity index is 1.53. The van der Waals surface area contributed by atoms with E-state index in [1.165, 1.54) is 10.7 Å². The third-order valence-electron chi connectivity index (χ3n) is 5.94. The molecule has 2 aromatic heterocycles. The molecular formula is C22H21ClN10O. The van der Waals surface area contributed by atoms with Crippen molar-refractivity contribution in [3.8, 4) is 12.1 Å². The highest BCUT2D eigenvalue weighted by Gasteiger charge is 2.26. The van der Waals surface area contributed by atoms with Crippen LogP contribution in [0.2, 0.25) is 5.02 Å². The predicted molar refractivity (Wildman–Crippen MR) is 125 cm³/mol. The van der Waals surface area contributed by atoms with Crippen LogP contribution in [0.1, 0.15) is 42.6 Å². The highest BCUT2D eigenvalue weighted by atomic mass is 35.5. The average molecular weight is 477 g/mol. The molecule has 1 amide bonds. The van der Waals surface area contributed by atoms with Gasteiger partial charge >= 0.3 is 0 Å². The average Bonchev–Trinajstić information content (AvgIpc) is 3.55. The number of imidazole rings is 1. The van der Waals surface area contributed by atoms with E-state index in [9.17, 15) is 15.3 Å². The van der Waals surface area contributed by atoms with Gasteiger partial charge in [-0.1, -0.05) is 11.6 Å². The van der Waals surface area contributed by atoms with Gasteiger partial charge in [-0.05, 0) is 37.5 Å². The molecule has 1 aliphatic heterocycles. The maximum Gasteiger partial charge on any atom is 0.247 e. The molecule has 3 heterocycles. The standard InChI is InChI=1S/C22H21ClN10O/c1-12(32-5-4-26-18(34)11-32)16-6-13(8-24)7-17(19(16)23)29-22-30-20(28-14-2-3-14)21-27-10-15(9-25)33(21)31-22/h6-7,10,12,14H,2-5,11H2,1H3,(H,26,34)(H2,28,29,30,31). The van der Waals surface area contributed by atoms with E-state index in [2.05, 4.69) is 43.2 Å². The van der Waals surface area contributed by atoms with Gasteiger partial charge in [-0.15, -0.1) is 5.10 Å². The number of nitrogens with one attached hydrogen (secondary N) is 3. The van der Waals surface area contributed by atoms with Crippen molar-refractivity contribution in [1.29, 1.82) is 10.5 Å². The van der Waals surface area contributed by atoms with Crippen molar-refractivity contribution in [3.05, 3.63) is 40.2 Å². The van der Waals surface area contributed by atoms with Crippen LogP contribution in [0, 0.1) is 22.7 Å². The van der Waals surface area contributed by atoms with Crippen LogP contribution in [0.15, 0.2) is 18.3 Å². The van der Waals surface area contributed by atoms with E-state index in [0.29, 0.717) is 46.9 Å². The first-order valence-electron chi connectivity index (χ1n) is 10.9. The van der Waals surface area contributed by atoms with E-state index in [0.717, 1.165) is 18.4 Å². The SMILES string of the molecule is CC(c1cc(C#N)cc(Nc2nc(NC3CC3)c3ncc(C#N)n3n2)c1Cl)N1CCNC(=O)C1. The Kier molecular flexibility index (Phi) is 5.65. The predicted octanol–water partition coefficient (Wildman–Crippen LogP) is 2.33. The van der Waals surface area contributed by atoms with Crippen LogP contribution < -0.4 is 16.0 Å². The number of aromatic nitrogens is 4. The Hall–Kier alpha value is -3.93. The van der Waals surface area contributed by atoms with Gasteiger partial charge in [0, 0.05) is 25.2 Å². The normalized spacial score (nSPS) is 17.0. The molecule has 3 N–H and O–H groups in total. The topological polar surface area (TPSA) is 147 Å². The van der Waals surface area contributed by atoms with Crippen molar-refractivity contribution >= 4 is 40.6 Å². The van der Waals surface area contributed by atoms with Crippen LogP contribution >= 0.6 is 11.6 Å². The lowest BCUT2D eigenvalue weighted by molar-refractivity contribution is -0.124. The number of halogens is 1. The summed E-state index contributed by atoms with van der Waals surface area (Å²) in [4.78, 5) is 22.7. The van der Waals surface area contributed by atoms with Gasteiger partial charge in [-0.25, -0.2) is 4.98 Å². The van der Waals surface area contributed by atoms with Crippen LogP contribution in [-0.4, -0.2) is 56.1 Å². The summed E-state index contributed by atoms with van der Waals surface area (Å²) in [7, 11) is 0. The number of amides is 1. The minimum Gasteiger partial charge on any atom is -0.364 e. The molecule has 1 aromatic carbocycles. The summed E-state index contributed by atoms with van der Waals surface area (Å²) in [6.45, 7) is 3.44. The van der Waals surface area contributed by atoms with Gasteiger partial charge in [0.25, 0.3) is 0 Å². The van der Waals surface area contributed by atoms with E-state index < -0.39 is 0 Å². The number of nitrogens with zero attached hydrogens (tertiary/aromatic N) is 7. The zero-order valence-electron chi connectivity index (χ0n) is 18.3. The van der Waals surface area contributed by atoms with Gasteiger partial charge in [0.1, 0.15) is 6.07 Å². The molecule has 11 nitrogen and oxygen atoms in total. The molecule has 2 aliphatic rings. The van der Waals surface area contributed by atoms with E-state index in [1.54, 1.807) is 12.1 Å². The number of carbonyl (C=O) groups excluding carboxylic acids is 1. The molecule has 1 saturated heterocycles. The van der Waals surface area contributed by atoms with Crippen LogP contribution in [0.3, 0.4) is 0 Å². The Bertz CT molecular complexity index is 1370. The summed E-state index contributed by atoms with van der Waals surface area (Å²) < 4.78 is 1.43. The highest BCUT2D eigenvalue weighted by Crippen LogP contribution is 2.36. The molecule has 1 saturated carbocycles. The van der Waals surface area contributed by atoms with E-state index >= 15 is 0 Å². The Morgan fingerprint density at radius 2 is 2.12 bits per heavy atom. The minimum atomic E-state index is -0.193. The van der Waals surface area contributed by atoms with Crippen LogP contribution in [0.4, 0.5) is 17.5 Å². The maximum atomic E-state index is 11.9.